The van der Waals surface area contributed by atoms with E-state index in [-0.39, 0.29) is 40.9 Å². The molecule has 0 aromatic heterocycles. The van der Waals surface area contributed by atoms with Crippen LogP contribution in [0.4, 0.5) is 5.69 Å². The molecule has 0 aliphatic heterocycles. The first-order chi connectivity index (χ1) is 8.49. The largest absolute Gasteiger partial charge is 0.496 e. The maximum Gasteiger partial charge on any atom is 0.339 e. The Hall–Kier alpha value is -1.79. The van der Waals surface area contributed by atoms with Crippen LogP contribution in [-0.2, 0) is 4.79 Å². The van der Waals surface area contributed by atoms with Crippen molar-refractivity contribution < 1.29 is 19.4 Å². The van der Waals surface area contributed by atoms with Crippen LogP contribution >= 0.6 is 11.6 Å². The van der Waals surface area contributed by atoms with Gasteiger partial charge in [-0.25, -0.2) is 4.79 Å². The number of rotatable bonds is 5. The number of ether oxygens (including phenoxy) is 1. The van der Waals surface area contributed by atoms with E-state index in [1.807, 2.05) is 0 Å². The van der Waals surface area contributed by atoms with Crippen LogP contribution < -0.4 is 15.8 Å². The molecule has 7 heteroatoms. The number of carbonyl (C=O) groups is 2. The Morgan fingerprint density at radius 1 is 1.50 bits per heavy atom. The number of anilines is 1. The van der Waals surface area contributed by atoms with Gasteiger partial charge in [0.1, 0.15) is 11.3 Å². The first-order valence-corrected chi connectivity index (χ1v) is 5.48. The van der Waals surface area contributed by atoms with E-state index in [1.165, 1.54) is 19.2 Å². The van der Waals surface area contributed by atoms with Gasteiger partial charge in [-0.1, -0.05) is 11.6 Å². The predicted octanol–water partition coefficient (Wildman–Crippen LogP) is 1.33. The molecule has 0 saturated heterocycles. The molecule has 1 amide bonds. The number of hydrogen-bond acceptors (Lipinski definition) is 4. The molecular formula is C11H13ClN2O4. The standard InChI is InChI=1S/C11H13ClN2O4/c1-18-9-5-8(14-10(15)2-3-13)7(12)4-6(9)11(16)17/h4-5H,2-3,13H2,1H3,(H,14,15)(H,16,17). The van der Waals surface area contributed by atoms with Gasteiger partial charge in [0.15, 0.2) is 0 Å². The summed E-state index contributed by atoms with van der Waals surface area (Å²) in [5.41, 5.74) is 5.46. The smallest absolute Gasteiger partial charge is 0.339 e. The third-order valence-corrected chi connectivity index (χ3v) is 2.48. The third kappa shape index (κ3) is 3.35. The minimum absolute atomic E-state index is 0.0701. The lowest BCUT2D eigenvalue weighted by atomic mass is 10.1. The Morgan fingerprint density at radius 2 is 2.17 bits per heavy atom. The Balaban J connectivity index is 3.07. The summed E-state index contributed by atoms with van der Waals surface area (Å²) in [5.74, 6) is -1.34. The average Bonchev–Trinajstić information content (AvgIpc) is 2.31. The van der Waals surface area contributed by atoms with Crippen molar-refractivity contribution >= 4 is 29.2 Å². The normalized spacial score (nSPS) is 9.94. The Morgan fingerprint density at radius 3 is 2.67 bits per heavy atom. The van der Waals surface area contributed by atoms with Crippen LogP contribution in [0.3, 0.4) is 0 Å². The molecule has 98 valence electrons. The van der Waals surface area contributed by atoms with Gasteiger partial charge in [0.2, 0.25) is 5.91 Å². The molecule has 0 spiro atoms. The summed E-state index contributed by atoms with van der Waals surface area (Å²) in [6.45, 7) is 0.216. The molecule has 0 unspecified atom stereocenters. The van der Waals surface area contributed by atoms with Crippen LogP contribution in [0.5, 0.6) is 5.75 Å². The van der Waals surface area contributed by atoms with E-state index >= 15 is 0 Å². The summed E-state index contributed by atoms with van der Waals surface area (Å²) in [4.78, 5) is 22.3. The number of hydrogen-bond donors (Lipinski definition) is 3. The van der Waals surface area contributed by atoms with Crippen LogP contribution in [-0.4, -0.2) is 30.6 Å². The fourth-order valence-electron chi connectivity index (χ4n) is 1.33. The van der Waals surface area contributed by atoms with Crippen LogP contribution in [0.25, 0.3) is 0 Å². The monoisotopic (exact) mass is 272 g/mol. The topological polar surface area (TPSA) is 102 Å². The molecule has 0 aliphatic rings. The van der Waals surface area contributed by atoms with Gasteiger partial charge in [0, 0.05) is 19.0 Å². The number of nitrogens with one attached hydrogen (secondary N) is 1. The average molecular weight is 273 g/mol. The Labute approximate surface area is 109 Å². The second-order valence-electron chi connectivity index (χ2n) is 3.42. The number of halogens is 1. The second-order valence-corrected chi connectivity index (χ2v) is 3.83. The molecule has 0 aliphatic carbocycles. The van der Waals surface area contributed by atoms with Gasteiger partial charge in [-0.15, -0.1) is 0 Å². The molecular weight excluding hydrogens is 260 g/mol. The predicted molar refractivity (Wildman–Crippen MR) is 67.3 cm³/mol. The second kappa shape index (κ2) is 6.23. The van der Waals surface area contributed by atoms with E-state index in [4.69, 9.17) is 27.2 Å². The van der Waals surface area contributed by atoms with Crippen LogP contribution in [0.15, 0.2) is 12.1 Å². The number of nitrogens with two attached hydrogens (primary N) is 1. The number of benzene rings is 1. The first kappa shape index (κ1) is 14.3. The number of carbonyl (C=O) groups excluding carboxylic acids is 1. The summed E-state index contributed by atoms with van der Waals surface area (Å²) >= 11 is 5.88. The maximum atomic E-state index is 11.4. The van der Waals surface area contributed by atoms with Crippen molar-refractivity contribution in [2.24, 2.45) is 5.73 Å². The summed E-state index contributed by atoms with van der Waals surface area (Å²) in [6.07, 6.45) is 0.152. The van der Waals surface area contributed by atoms with E-state index in [0.717, 1.165) is 0 Å². The fourth-order valence-corrected chi connectivity index (χ4v) is 1.54. The van der Waals surface area contributed by atoms with Gasteiger partial charge < -0.3 is 20.9 Å². The lowest BCUT2D eigenvalue weighted by Gasteiger charge is -2.11. The van der Waals surface area contributed by atoms with Gasteiger partial charge >= 0.3 is 5.97 Å². The highest BCUT2D eigenvalue weighted by atomic mass is 35.5. The molecule has 1 aromatic carbocycles. The minimum Gasteiger partial charge on any atom is -0.496 e. The minimum atomic E-state index is -1.16. The highest BCUT2D eigenvalue weighted by molar-refractivity contribution is 6.34. The van der Waals surface area contributed by atoms with Gasteiger partial charge in [-0.3, -0.25) is 4.79 Å². The summed E-state index contributed by atoms with van der Waals surface area (Å²) < 4.78 is 4.93. The molecule has 4 N–H and O–H groups in total. The third-order valence-electron chi connectivity index (χ3n) is 2.17. The van der Waals surface area contributed by atoms with E-state index in [1.54, 1.807) is 0 Å². The number of carboxylic acids is 1. The highest BCUT2D eigenvalue weighted by Crippen LogP contribution is 2.31. The quantitative estimate of drug-likeness (QED) is 0.751. The number of methoxy groups -OCH3 is 1. The molecule has 0 bridgehead atoms. The molecule has 1 aromatic rings. The SMILES string of the molecule is COc1cc(NC(=O)CCN)c(Cl)cc1C(=O)O. The van der Waals surface area contributed by atoms with Crippen molar-refractivity contribution in [1.29, 1.82) is 0 Å². The summed E-state index contributed by atoms with van der Waals surface area (Å²) in [7, 11) is 1.33. The van der Waals surface area contributed by atoms with Crippen LogP contribution in [0, 0.1) is 0 Å². The van der Waals surface area contributed by atoms with Gasteiger partial charge in [-0.05, 0) is 6.07 Å². The van der Waals surface area contributed by atoms with E-state index in [0.29, 0.717) is 0 Å². The molecule has 18 heavy (non-hydrogen) atoms. The van der Waals surface area contributed by atoms with Crippen molar-refractivity contribution in [3.63, 3.8) is 0 Å². The fraction of sp³-hybridized carbons (Fsp3) is 0.273. The van der Waals surface area contributed by atoms with Crippen molar-refractivity contribution in [2.45, 2.75) is 6.42 Å². The van der Waals surface area contributed by atoms with Gasteiger partial charge in [-0.2, -0.15) is 0 Å². The lowest BCUT2D eigenvalue weighted by molar-refractivity contribution is -0.116. The zero-order chi connectivity index (χ0) is 13.7. The van der Waals surface area contributed by atoms with Gasteiger partial charge in [0.25, 0.3) is 0 Å². The Kier molecular flexibility index (Phi) is 4.94. The van der Waals surface area contributed by atoms with E-state index < -0.39 is 5.97 Å². The van der Waals surface area contributed by atoms with Gasteiger partial charge in [0.05, 0.1) is 17.8 Å². The first-order valence-electron chi connectivity index (χ1n) is 5.10. The summed E-state index contributed by atoms with van der Waals surface area (Å²) in [5, 5.41) is 11.6. The van der Waals surface area contributed by atoms with Crippen molar-refractivity contribution in [3.8, 4) is 5.75 Å². The highest BCUT2D eigenvalue weighted by Gasteiger charge is 2.15. The van der Waals surface area contributed by atoms with Crippen molar-refractivity contribution in [3.05, 3.63) is 22.7 Å². The Bertz CT molecular complexity index is 476. The zero-order valence-electron chi connectivity index (χ0n) is 9.70. The molecule has 0 fully saturated rings. The van der Waals surface area contributed by atoms with E-state index in [9.17, 15) is 9.59 Å². The number of aromatic carboxylic acids is 1. The maximum absolute atomic E-state index is 11.4. The van der Waals surface area contributed by atoms with Crippen LogP contribution in [0.2, 0.25) is 5.02 Å². The number of amides is 1. The molecule has 1 rings (SSSR count). The number of carboxylic acid groups (broad SMARTS) is 1. The molecule has 6 nitrogen and oxygen atoms in total. The molecule has 0 saturated carbocycles. The molecule has 0 radical (unpaired) electrons. The van der Waals surface area contributed by atoms with Crippen LogP contribution in [0.1, 0.15) is 16.8 Å². The zero-order valence-corrected chi connectivity index (χ0v) is 10.5. The van der Waals surface area contributed by atoms with E-state index in [2.05, 4.69) is 5.32 Å². The van der Waals surface area contributed by atoms with Crippen molar-refractivity contribution in [2.75, 3.05) is 19.0 Å². The lowest BCUT2D eigenvalue weighted by Crippen LogP contribution is -2.16. The summed E-state index contributed by atoms with van der Waals surface area (Å²) in [6, 6.07) is 2.58. The molecule has 0 atom stereocenters. The van der Waals surface area contributed by atoms with Crippen molar-refractivity contribution in [1.82, 2.24) is 0 Å². The molecule has 0 heterocycles.